The van der Waals surface area contributed by atoms with Crippen molar-refractivity contribution in [2.45, 2.75) is 53.9 Å². The lowest BCUT2D eigenvalue weighted by molar-refractivity contribution is 0.590. The molecule has 1 aliphatic heterocycles. The maximum absolute atomic E-state index is 3.97. The zero-order chi connectivity index (χ0) is 46.0. The fourth-order valence-electron chi connectivity index (χ4n) is 10.6. The molecule has 0 bridgehead atoms. The first-order valence-electron chi connectivity index (χ1n) is 23.7. The molecule has 0 unspecified atom stereocenters. The number of anilines is 5. The molecule has 1 heterocycles. The van der Waals surface area contributed by atoms with E-state index >= 15 is 0 Å². The van der Waals surface area contributed by atoms with Crippen LogP contribution in [0.1, 0.15) is 48.6 Å². The van der Waals surface area contributed by atoms with Gasteiger partial charge in [-0.2, -0.15) is 0 Å². The van der Waals surface area contributed by atoms with Crippen LogP contribution in [0.2, 0.25) is 0 Å². The molecule has 0 radical (unpaired) electrons. The van der Waals surface area contributed by atoms with Crippen molar-refractivity contribution in [1.29, 1.82) is 0 Å². The Hall–Kier alpha value is -7.62. The maximum atomic E-state index is 3.97. The average molecular weight is 863 g/mol. The van der Waals surface area contributed by atoms with Crippen LogP contribution in [0.4, 0.5) is 28.4 Å². The van der Waals surface area contributed by atoms with Gasteiger partial charge in [0.1, 0.15) is 0 Å². The van der Waals surface area contributed by atoms with E-state index in [0.717, 1.165) is 18.7 Å². The zero-order valence-corrected chi connectivity index (χ0v) is 39.6. The fourth-order valence-corrected chi connectivity index (χ4v) is 10.6. The van der Waals surface area contributed by atoms with Gasteiger partial charge in [-0.15, -0.1) is 0 Å². The van der Waals surface area contributed by atoms with Crippen LogP contribution in [0.15, 0.2) is 194 Å². The molecule has 0 saturated carbocycles. The van der Waals surface area contributed by atoms with E-state index in [-0.39, 0.29) is 5.41 Å². The summed E-state index contributed by atoms with van der Waals surface area (Å²) in [5, 5.41) is 8.88. The van der Waals surface area contributed by atoms with Gasteiger partial charge in [0.15, 0.2) is 7.28 Å². The SMILES string of the molecule is Cc1cc(C)c(-c2cc(-c3cc4ccccc4cc3Nc3ccc(-c4ccc(C(C)(C)C)cc4)cc3)c3c(c2)N(c2cc(-c4ccccc4)ccc2C)c2cc4ccccc4cc2B3)c(C)c1. The number of nitrogens with zero attached hydrogens (tertiary/aromatic N) is 1. The lowest BCUT2D eigenvalue weighted by Gasteiger charge is -2.37. The Balaban J connectivity index is 1.15. The molecule has 2 nitrogen and oxygen atoms in total. The van der Waals surface area contributed by atoms with Gasteiger partial charge < -0.3 is 10.2 Å². The Labute approximate surface area is 396 Å². The zero-order valence-electron chi connectivity index (χ0n) is 39.6. The smallest absolute Gasteiger partial charge is 0.198 e. The van der Waals surface area contributed by atoms with Crippen LogP contribution in [0.5, 0.6) is 0 Å². The summed E-state index contributed by atoms with van der Waals surface area (Å²) < 4.78 is 0. The maximum Gasteiger partial charge on any atom is 0.198 e. The minimum atomic E-state index is 0.114. The first kappa shape index (κ1) is 42.0. The van der Waals surface area contributed by atoms with Gasteiger partial charge in [-0.05, 0) is 170 Å². The van der Waals surface area contributed by atoms with Gasteiger partial charge in [-0.3, -0.25) is 0 Å². The van der Waals surface area contributed by atoms with Gasteiger partial charge in [0, 0.05) is 34.0 Å². The molecule has 11 rings (SSSR count). The summed E-state index contributed by atoms with van der Waals surface area (Å²) in [6.45, 7) is 15.8. The quantitative estimate of drug-likeness (QED) is 0.161. The van der Waals surface area contributed by atoms with E-state index in [0.29, 0.717) is 0 Å². The second-order valence-corrected chi connectivity index (χ2v) is 19.8. The molecule has 1 N–H and O–H groups in total. The van der Waals surface area contributed by atoms with Crippen LogP contribution in [0.3, 0.4) is 0 Å². The van der Waals surface area contributed by atoms with Crippen LogP contribution in [-0.4, -0.2) is 7.28 Å². The van der Waals surface area contributed by atoms with Crippen LogP contribution in [-0.2, 0) is 5.41 Å². The largest absolute Gasteiger partial charge is 0.355 e. The Morgan fingerprint density at radius 3 is 1.63 bits per heavy atom. The van der Waals surface area contributed by atoms with Crippen LogP contribution in [0, 0.1) is 27.7 Å². The summed E-state index contributed by atoms with van der Waals surface area (Å²) in [4.78, 5) is 2.58. The highest BCUT2D eigenvalue weighted by Crippen LogP contribution is 2.46. The number of aryl methyl sites for hydroxylation is 4. The molecule has 67 heavy (non-hydrogen) atoms. The highest BCUT2D eigenvalue weighted by Gasteiger charge is 2.31. The van der Waals surface area contributed by atoms with Gasteiger partial charge >= 0.3 is 0 Å². The van der Waals surface area contributed by atoms with Crippen molar-refractivity contribution in [1.82, 2.24) is 0 Å². The fraction of sp³-hybridized carbons (Fsp3) is 0.125. The number of rotatable bonds is 7. The number of fused-ring (bicyclic) bond motifs is 4. The summed E-state index contributed by atoms with van der Waals surface area (Å²) in [6, 6.07) is 72.5. The van der Waals surface area contributed by atoms with Crippen molar-refractivity contribution in [3.05, 3.63) is 222 Å². The number of hydrogen-bond donors (Lipinski definition) is 1. The predicted octanol–water partition coefficient (Wildman–Crippen LogP) is 16.1. The molecule has 0 fully saturated rings. The van der Waals surface area contributed by atoms with E-state index in [2.05, 4.69) is 253 Å². The lowest BCUT2D eigenvalue weighted by Crippen LogP contribution is -2.41. The third kappa shape index (κ3) is 7.89. The van der Waals surface area contributed by atoms with Crippen molar-refractivity contribution < 1.29 is 0 Å². The van der Waals surface area contributed by atoms with Gasteiger partial charge in [0.25, 0.3) is 0 Å². The lowest BCUT2D eigenvalue weighted by atomic mass is 9.57. The van der Waals surface area contributed by atoms with Crippen LogP contribution < -0.4 is 21.1 Å². The summed E-state index contributed by atoms with van der Waals surface area (Å²) in [5.74, 6) is 0. The van der Waals surface area contributed by atoms with E-state index in [1.54, 1.807) is 0 Å². The molecular formula is C64H55BN2. The van der Waals surface area contributed by atoms with Crippen LogP contribution >= 0.6 is 0 Å². The van der Waals surface area contributed by atoms with E-state index in [1.807, 2.05) is 0 Å². The number of nitrogens with one attached hydrogen (secondary N) is 1. The highest BCUT2D eigenvalue weighted by molar-refractivity contribution is 6.73. The molecule has 324 valence electrons. The van der Waals surface area contributed by atoms with E-state index in [1.165, 1.54) is 122 Å². The molecule has 0 saturated heterocycles. The van der Waals surface area contributed by atoms with Crippen molar-refractivity contribution >= 4 is 68.2 Å². The second-order valence-electron chi connectivity index (χ2n) is 19.8. The molecule has 0 aliphatic carbocycles. The van der Waals surface area contributed by atoms with Gasteiger partial charge in [0.2, 0.25) is 0 Å². The van der Waals surface area contributed by atoms with Gasteiger partial charge in [0.05, 0.1) is 0 Å². The average Bonchev–Trinajstić information content (AvgIpc) is 3.32. The first-order chi connectivity index (χ1) is 32.4. The van der Waals surface area contributed by atoms with Gasteiger partial charge in [-0.1, -0.05) is 177 Å². The third-order valence-corrected chi connectivity index (χ3v) is 14.0. The number of benzene rings is 10. The molecule has 10 aromatic rings. The topological polar surface area (TPSA) is 15.3 Å². The van der Waals surface area contributed by atoms with Crippen molar-refractivity contribution in [3.8, 4) is 44.5 Å². The minimum absolute atomic E-state index is 0.114. The summed E-state index contributed by atoms with van der Waals surface area (Å²) in [5.41, 5.74) is 24.6. The Kier molecular flexibility index (Phi) is 10.5. The van der Waals surface area contributed by atoms with E-state index < -0.39 is 0 Å². The van der Waals surface area contributed by atoms with E-state index in [4.69, 9.17) is 0 Å². The molecule has 0 atom stereocenters. The molecule has 1 aliphatic rings. The standard InChI is InChI=1S/C64H55BN2/c1-40-31-42(3)62(43(4)32-40)52-34-56(55-33-47-17-11-13-19-49(47)36-58(55)66-54-29-25-46(26-30-54)45-23-27-53(28-24-45)64(5,6)7)63-61(39-52)67(60-38-50-20-14-12-18-48(50)35-57(60)65-63)59-37-51(22-21-41(59)2)44-15-9-8-10-16-44/h8-39,65-66H,1-7H3. The van der Waals surface area contributed by atoms with E-state index in [9.17, 15) is 0 Å². The Morgan fingerprint density at radius 1 is 0.418 bits per heavy atom. The molecular weight excluding hydrogens is 808 g/mol. The monoisotopic (exact) mass is 862 g/mol. The van der Waals surface area contributed by atoms with Crippen molar-refractivity contribution in [2.24, 2.45) is 0 Å². The molecule has 0 spiro atoms. The van der Waals surface area contributed by atoms with Crippen molar-refractivity contribution in [3.63, 3.8) is 0 Å². The number of hydrogen-bond acceptors (Lipinski definition) is 2. The second kappa shape index (κ2) is 16.7. The normalized spacial score (nSPS) is 12.2. The molecule has 10 aromatic carbocycles. The molecule has 0 aromatic heterocycles. The minimum Gasteiger partial charge on any atom is -0.355 e. The molecule has 0 amide bonds. The summed E-state index contributed by atoms with van der Waals surface area (Å²) in [7, 11) is 0.792. The van der Waals surface area contributed by atoms with Gasteiger partial charge in [-0.25, -0.2) is 0 Å². The Morgan fingerprint density at radius 2 is 0.970 bits per heavy atom. The highest BCUT2D eigenvalue weighted by atomic mass is 15.2. The third-order valence-electron chi connectivity index (χ3n) is 14.0. The summed E-state index contributed by atoms with van der Waals surface area (Å²) >= 11 is 0. The first-order valence-corrected chi connectivity index (χ1v) is 23.7. The Bertz CT molecular complexity index is 3500. The predicted molar refractivity (Wildman–Crippen MR) is 292 cm³/mol. The summed E-state index contributed by atoms with van der Waals surface area (Å²) in [6.07, 6.45) is 0. The molecule has 3 heteroatoms. The van der Waals surface area contributed by atoms with Crippen molar-refractivity contribution in [2.75, 3.05) is 10.2 Å². The van der Waals surface area contributed by atoms with Crippen LogP contribution in [0.25, 0.3) is 66.1 Å².